The van der Waals surface area contributed by atoms with Crippen LogP contribution in [0, 0.1) is 0 Å². The molecule has 0 bridgehead atoms. The molecular weight excluding hydrogens is 292 g/mol. The Bertz CT molecular complexity index is 390. The standard InChI is InChI=1S/C15H26O7/c1-5-6-7-19-13-12-11(10(17)8-20-13)22-15(3,18-4)14(2,9-16)21-12/h9-13,17H,5-8H2,1-4H3/t10-,11-,12+,13-,14-,15+/m1/s1. The van der Waals surface area contributed by atoms with Crippen LogP contribution < -0.4 is 0 Å². The van der Waals surface area contributed by atoms with Crippen molar-refractivity contribution < 1.29 is 33.6 Å². The molecule has 22 heavy (non-hydrogen) atoms. The quantitative estimate of drug-likeness (QED) is 0.568. The van der Waals surface area contributed by atoms with E-state index >= 15 is 0 Å². The molecule has 0 aliphatic carbocycles. The van der Waals surface area contributed by atoms with E-state index < -0.39 is 36.0 Å². The second kappa shape index (κ2) is 6.90. The molecule has 1 N–H and O–H groups in total. The molecule has 2 rings (SSSR count). The van der Waals surface area contributed by atoms with E-state index in [4.69, 9.17) is 23.7 Å². The zero-order valence-corrected chi connectivity index (χ0v) is 13.6. The van der Waals surface area contributed by atoms with Gasteiger partial charge in [0.1, 0.15) is 18.3 Å². The highest BCUT2D eigenvalue weighted by atomic mass is 16.8. The maximum absolute atomic E-state index is 11.6. The Morgan fingerprint density at radius 3 is 2.64 bits per heavy atom. The number of unbranched alkanes of at least 4 members (excludes halogenated alkanes) is 1. The van der Waals surface area contributed by atoms with E-state index in [1.807, 2.05) is 0 Å². The van der Waals surface area contributed by atoms with Gasteiger partial charge in [0.25, 0.3) is 0 Å². The molecule has 0 unspecified atom stereocenters. The van der Waals surface area contributed by atoms with Gasteiger partial charge in [-0.3, -0.25) is 4.79 Å². The number of hydrogen-bond acceptors (Lipinski definition) is 7. The molecule has 2 fully saturated rings. The van der Waals surface area contributed by atoms with Crippen molar-refractivity contribution in [1.82, 2.24) is 0 Å². The number of rotatable bonds is 6. The Kier molecular flexibility index (Phi) is 5.58. The first-order valence-electron chi connectivity index (χ1n) is 7.69. The molecule has 128 valence electrons. The van der Waals surface area contributed by atoms with Gasteiger partial charge in [0, 0.05) is 13.7 Å². The highest BCUT2D eigenvalue weighted by Crippen LogP contribution is 2.41. The smallest absolute Gasteiger partial charge is 0.201 e. The molecule has 2 saturated heterocycles. The fourth-order valence-corrected chi connectivity index (χ4v) is 2.66. The first kappa shape index (κ1) is 17.8. The van der Waals surface area contributed by atoms with Crippen LogP contribution in [-0.2, 0) is 28.5 Å². The van der Waals surface area contributed by atoms with Crippen molar-refractivity contribution in [1.29, 1.82) is 0 Å². The summed E-state index contributed by atoms with van der Waals surface area (Å²) in [5.74, 6) is -1.29. The lowest BCUT2D eigenvalue weighted by molar-refractivity contribution is -0.419. The molecule has 0 aromatic rings. The fraction of sp³-hybridized carbons (Fsp3) is 0.933. The Morgan fingerprint density at radius 2 is 2.05 bits per heavy atom. The maximum Gasteiger partial charge on any atom is 0.201 e. The summed E-state index contributed by atoms with van der Waals surface area (Å²) in [5, 5.41) is 10.1. The van der Waals surface area contributed by atoms with E-state index in [-0.39, 0.29) is 6.61 Å². The van der Waals surface area contributed by atoms with Gasteiger partial charge in [-0.15, -0.1) is 0 Å². The lowest BCUT2D eigenvalue weighted by atomic mass is 9.92. The molecule has 0 saturated carbocycles. The summed E-state index contributed by atoms with van der Waals surface area (Å²) in [4.78, 5) is 11.6. The number of carbonyl (C=O) groups excluding carboxylic acids is 1. The van der Waals surface area contributed by atoms with Crippen LogP contribution >= 0.6 is 0 Å². The summed E-state index contributed by atoms with van der Waals surface area (Å²) in [7, 11) is 1.44. The van der Waals surface area contributed by atoms with Gasteiger partial charge in [-0.2, -0.15) is 0 Å². The number of fused-ring (bicyclic) bond motifs is 1. The van der Waals surface area contributed by atoms with Crippen molar-refractivity contribution in [3.05, 3.63) is 0 Å². The molecule has 0 amide bonds. The summed E-state index contributed by atoms with van der Waals surface area (Å²) in [6, 6.07) is 0. The van der Waals surface area contributed by atoms with Crippen LogP contribution in [0.3, 0.4) is 0 Å². The van der Waals surface area contributed by atoms with E-state index in [9.17, 15) is 9.90 Å². The number of methoxy groups -OCH3 is 1. The van der Waals surface area contributed by atoms with Crippen molar-refractivity contribution >= 4 is 6.29 Å². The van der Waals surface area contributed by atoms with Crippen LogP contribution in [0.5, 0.6) is 0 Å². The predicted octanol–water partition coefficient (Wildman–Crippen LogP) is 0.624. The molecule has 0 spiro atoms. The highest BCUT2D eigenvalue weighted by molar-refractivity contribution is 5.64. The van der Waals surface area contributed by atoms with Crippen molar-refractivity contribution in [3.8, 4) is 0 Å². The van der Waals surface area contributed by atoms with Crippen molar-refractivity contribution in [2.45, 2.75) is 69.6 Å². The van der Waals surface area contributed by atoms with Crippen molar-refractivity contribution in [2.75, 3.05) is 20.3 Å². The number of carbonyl (C=O) groups is 1. The predicted molar refractivity (Wildman–Crippen MR) is 76.2 cm³/mol. The van der Waals surface area contributed by atoms with Gasteiger partial charge >= 0.3 is 0 Å². The molecular formula is C15H26O7. The number of aliphatic hydroxyl groups excluding tert-OH is 1. The van der Waals surface area contributed by atoms with Gasteiger partial charge in [-0.1, -0.05) is 13.3 Å². The largest absolute Gasteiger partial charge is 0.388 e. The van der Waals surface area contributed by atoms with E-state index in [0.29, 0.717) is 12.9 Å². The maximum atomic E-state index is 11.6. The van der Waals surface area contributed by atoms with E-state index in [2.05, 4.69) is 6.92 Å². The summed E-state index contributed by atoms with van der Waals surface area (Å²) >= 11 is 0. The van der Waals surface area contributed by atoms with Gasteiger partial charge in [0.2, 0.25) is 5.79 Å². The van der Waals surface area contributed by atoms with Crippen LogP contribution in [0.25, 0.3) is 0 Å². The average molecular weight is 318 g/mol. The molecule has 0 aromatic carbocycles. The minimum absolute atomic E-state index is 0.0823. The molecule has 2 aliphatic heterocycles. The van der Waals surface area contributed by atoms with Crippen LogP contribution in [0.4, 0.5) is 0 Å². The molecule has 6 atom stereocenters. The molecule has 2 heterocycles. The second-order valence-corrected chi connectivity index (χ2v) is 6.03. The topological polar surface area (TPSA) is 83.5 Å². The number of ether oxygens (including phenoxy) is 5. The third-order valence-corrected chi connectivity index (χ3v) is 4.44. The van der Waals surface area contributed by atoms with E-state index in [1.165, 1.54) is 7.11 Å². The fourth-order valence-electron chi connectivity index (χ4n) is 2.66. The Labute approximate surface area is 130 Å². The number of aldehydes is 1. The summed E-state index contributed by atoms with van der Waals surface area (Å²) in [5.41, 5.74) is -1.32. The SMILES string of the molecule is CCCCO[C@@H]1OC[C@@H](O)[C@H]2O[C@](C)(OC)[C@@](C)(C=O)O[C@H]12. The minimum Gasteiger partial charge on any atom is -0.388 e. The molecule has 2 aliphatic rings. The Hall–Kier alpha value is -0.570. The molecule has 0 radical (unpaired) electrons. The van der Waals surface area contributed by atoms with Crippen LogP contribution in [-0.4, -0.2) is 67.7 Å². The lowest BCUT2D eigenvalue weighted by Crippen LogP contribution is -2.71. The van der Waals surface area contributed by atoms with Gasteiger partial charge in [0.15, 0.2) is 18.2 Å². The Balaban J connectivity index is 2.19. The minimum atomic E-state index is -1.32. The van der Waals surface area contributed by atoms with E-state index in [0.717, 1.165) is 12.8 Å². The van der Waals surface area contributed by atoms with Crippen molar-refractivity contribution in [3.63, 3.8) is 0 Å². The molecule has 7 nitrogen and oxygen atoms in total. The van der Waals surface area contributed by atoms with Gasteiger partial charge in [-0.05, 0) is 20.3 Å². The van der Waals surface area contributed by atoms with Gasteiger partial charge in [0.05, 0.1) is 6.61 Å². The van der Waals surface area contributed by atoms with Crippen molar-refractivity contribution in [2.24, 2.45) is 0 Å². The van der Waals surface area contributed by atoms with Crippen LogP contribution in [0.1, 0.15) is 33.6 Å². The number of aliphatic hydroxyl groups is 1. The second-order valence-electron chi connectivity index (χ2n) is 6.03. The summed E-state index contributed by atoms with van der Waals surface area (Å²) < 4.78 is 28.4. The van der Waals surface area contributed by atoms with Gasteiger partial charge < -0.3 is 28.8 Å². The van der Waals surface area contributed by atoms with Crippen LogP contribution in [0.2, 0.25) is 0 Å². The first-order chi connectivity index (χ1) is 10.4. The third-order valence-electron chi connectivity index (χ3n) is 4.44. The molecule has 7 heteroatoms. The monoisotopic (exact) mass is 318 g/mol. The Morgan fingerprint density at radius 1 is 1.32 bits per heavy atom. The van der Waals surface area contributed by atoms with Gasteiger partial charge in [-0.25, -0.2) is 0 Å². The van der Waals surface area contributed by atoms with E-state index in [1.54, 1.807) is 13.8 Å². The lowest BCUT2D eigenvalue weighted by Gasteiger charge is -2.54. The first-order valence-corrected chi connectivity index (χ1v) is 7.69. The summed E-state index contributed by atoms with van der Waals surface area (Å²) in [6.07, 6.45) is -0.396. The summed E-state index contributed by atoms with van der Waals surface area (Å²) in [6.45, 7) is 5.87. The highest BCUT2D eigenvalue weighted by Gasteiger charge is 2.60. The zero-order chi connectivity index (χ0) is 16.4. The molecule has 0 aromatic heterocycles. The average Bonchev–Trinajstić information content (AvgIpc) is 2.52. The number of hydrogen-bond donors (Lipinski definition) is 1. The van der Waals surface area contributed by atoms with Crippen LogP contribution in [0.15, 0.2) is 0 Å². The third kappa shape index (κ3) is 3.06. The normalized spacial score (nSPS) is 45.3. The zero-order valence-electron chi connectivity index (χ0n) is 13.6.